The molecule has 0 aliphatic carbocycles. The number of nitrogens with zero attached hydrogens (tertiary/aromatic N) is 3. The smallest absolute Gasteiger partial charge is 0.303 e. The van der Waals surface area contributed by atoms with E-state index in [4.69, 9.17) is 14.9 Å². The summed E-state index contributed by atoms with van der Waals surface area (Å²) in [7, 11) is 3.69. The van der Waals surface area contributed by atoms with Gasteiger partial charge < -0.3 is 15.2 Å². The van der Waals surface area contributed by atoms with Gasteiger partial charge in [-0.3, -0.25) is 19.2 Å². The van der Waals surface area contributed by atoms with Crippen molar-refractivity contribution in [1.82, 2.24) is 20.0 Å². The third kappa shape index (κ3) is 4.96. The van der Waals surface area contributed by atoms with E-state index in [2.05, 4.69) is 16.3 Å². The maximum atomic E-state index is 12.0. The van der Waals surface area contributed by atoms with Gasteiger partial charge in [0.2, 0.25) is 5.91 Å². The number of aromatic nitrogens is 2. The first-order chi connectivity index (χ1) is 15.4. The van der Waals surface area contributed by atoms with E-state index in [0.29, 0.717) is 30.8 Å². The number of carbonyl (C=O) groups is 2. The Morgan fingerprint density at radius 2 is 2.03 bits per heavy atom. The largest absolute Gasteiger partial charge is 0.497 e. The van der Waals surface area contributed by atoms with Crippen LogP contribution in [0.15, 0.2) is 30.3 Å². The lowest BCUT2D eigenvalue weighted by molar-refractivity contribution is -0.137. The van der Waals surface area contributed by atoms with Crippen LogP contribution in [0.25, 0.3) is 11.3 Å². The number of hydrogen-bond donors (Lipinski definition) is 2. The van der Waals surface area contributed by atoms with Crippen LogP contribution >= 0.6 is 0 Å². The summed E-state index contributed by atoms with van der Waals surface area (Å²) < 4.78 is 7.27. The predicted octanol–water partition coefficient (Wildman–Crippen LogP) is 2.64. The summed E-state index contributed by atoms with van der Waals surface area (Å²) in [4.78, 5) is 25.1. The number of nitrogens with one attached hydrogen (secondary N) is 1. The maximum Gasteiger partial charge on any atom is 0.303 e. The van der Waals surface area contributed by atoms with Gasteiger partial charge in [-0.05, 0) is 62.1 Å². The fourth-order valence-electron chi connectivity index (χ4n) is 5.14. The average Bonchev–Trinajstić information content (AvgIpc) is 3.19. The Kier molecular flexibility index (Phi) is 6.79. The minimum atomic E-state index is -0.857. The number of methoxy groups -OCH3 is 1. The molecule has 172 valence electrons. The van der Waals surface area contributed by atoms with Gasteiger partial charge in [-0.25, -0.2) is 0 Å². The number of hydrogen-bond acceptors (Lipinski definition) is 5. The van der Waals surface area contributed by atoms with Gasteiger partial charge in [0, 0.05) is 56.2 Å². The number of ether oxygens (including phenoxy) is 1. The van der Waals surface area contributed by atoms with Crippen molar-refractivity contribution in [2.75, 3.05) is 26.7 Å². The maximum absolute atomic E-state index is 12.0. The Bertz CT molecular complexity index is 955. The highest BCUT2D eigenvalue weighted by Gasteiger charge is 2.41. The first-order valence-electron chi connectivity index (χ1n) is 11.4. The lowest BCUT2D eigenvalue weighted by Crippen LogP contribution is -2.56. The minimum absolute atomic E-state index is 0.0376. The second kappa shape index (κ2) is 9.73. The van der Waals surface area contributed by atoms with Crippen LogP contribution in [0.3, 0.4) is 0 Å². The lowest BCUT2D eigenvalue weighted by Gasteiger charge is -2.50. The van der Waals surface area contributed by atoms with E-state index in [0.717, 1.165) is 42.9 Å². The molecule has 2 N–H and O–H groups in total. The molecule has 2 aromatic rings. The fraction of sp³-hybridized carbons (Fsp3) is 0.542. The van der Waals surface area contributed by atoms with Gasteiger partial charge in [0.15, 0.2) is 0 Å². The monoisotopic (exact) mass is 440 g/mol. The quantitative estimate of drug-likeness (QED) is 0.622. The van der Waals surface area contributed by atoms with Gasteiger partial charge >= 0.3 is 5.97 Å². The van der Waals surface area contributed by atoms with Crippen LogP contribution in [0.2, 0.25) is 0 Å². The van der Waals surface area contributed by atoms with Crippen LogP contribution in [0.1, 0.15) is 43.7 Å². The number of benzene rings is 1. The van der Waals surface area contributed by atoms with Crippen molar-refractivity contribution in [2.45, 2.75) is 44.1 Å². The molecule has 3 saturated heterocycles. The molecule has 8 heteroatoms. The highest BCUT2D eigenvalue weighted by Crippen LogP contribution is 2.42. The molecule has 1 aromatic carbocycles. The first kappa shape index (κ1) is 22.3. The normalized spacial score (nSPS) is 24.3. The molecule has 8 nitrogen and oxygen atoms in total. The number of aryl methyl sites for hydroxylation is 1. The van der Waals surface area contributed by atoms with E-state index in [1.165, 1.54) is 5.69 Å². The summed E-state index contributed by atoms with van der Waals surface area (Å²) in [6.45, 7) is 2.67. The molecule has 32 heavy (non-hydrogen) atoms. The summed E-state index contributed by atoms with van der Waals surface area (Å²) in [5.41, 5.74) is 3.32. The van der Waals surface area contributed by atoms with Crippen molar-refractivity contribution in [3.8, 4) is 17.0 Å². The number of piperidine rings is 3. The van der Waals surface area contributed by atoms with Gasteiger partial charge in [0.25, 0.3) is 0 Å². The fourth-order valence-corrected chi connectivity index (χ4v) is 5.14. The molecule has 3 aliphatic heterocycles. The molecule has 2 bridgehead atoms. The molecular weight excluding hydrogens is 408 g/mol. The minimum Gasteiger partial charge on any atom is -0.497 e. The van der Waals surface area contributed by atoms with Crippen LogP contribution < -0.4 is 10.1 Å². The zero-order chi connectivity index (χ0) is 22.7. The van der Waals surface area contributed by atoms with E-state index in [1.54, 1.807) is 7.11 Å². The Balaban J connectivity index is 1.36. The van der Waals surface area contributed by atoms with E-state index < -0.39 is 5.97 Å². The van der Waals surface area contributed by atoms with Crippen LogP contribution in [0.5, 0.6) is 5.75 Å². The highest BCUT2D eigenvalue weighted by molar-refractivity contribution is 5.76. The van der Waals surface area contributed by atoms with Gasteiger partial charge in [-0.1, -0.05) is 0 Å². The topological polar surface area (TPSA) is 96.7 Å². The molecule has 3 fully saturated rings. The number of fused-ring (bicyclic) bond motifs is 3. The Hall–Kier alpha value is -2.87. The number of carboxylic acid groups (broad SMARTS) is 1. The second-order valence-electron chi connectivity index (χ2n) is 8.90. The summed E-state index contributed by atoms with van der Waals surface area (Å²) in [6.07, 6.45) is 2.92. The Morgan fingerprint density at radius 3 is 2.69 bits per heavy atom. The molecule has 0 spiro atoms. The number of amides is 1. The molecule has 1 amide bonds. The standard InChI is InChI=1S/C24H32N4O4/c1-27-22(13-21(26-27)16-6-8-19(32-2)9-7-16)20-15-28-11-10-17(20)12-18(28)14-25-23(29)4-3-5-24(30)31/h6-9,13,17-18,20H,3-5,10-12,14-15H2,1-2H3,(H,25,29)(H,30,31)/t17-,18+,20+/m0/s1. The van der Waals surface area contributed by atoms with E-state index in [9.17, 15) is 9.59 Å². The van der Waals surface area contributed by atoms with Gasteiger partial charge in [0.1, 0.15) is 5.75 Å². The third-order valence-electron chi connectivity index (χ3n) is 6.89. The van der Waals surface area contributed by atoms with Crippen molar-refractivity contribution in [3.05, 3.63) is 36.0 Å². The van der Waals surface area contributed by atoms with E-state index in [1.807, 2.05) is 36.0 Å². The first-order valence-corrected chi connectivity index (χ1v) is 11.4. The van der Waals surface area contributed by atoms with Crippen LogP contribution in [-0.4, -0.2) is 64.4 Å². The number of rotatable bonds is 9. The zero-order valence-corrected chi connectivity index (χ0v) is 18.8. The highest BCUT2D eigenvalue weighted by atomic mass is 16.5. The summed E-state index contributed by atoms with van der Waals surface area (Å²) >= 11 is 0. The lowest BCUT2D eigenvalue weighted by atomic mass is 9.74. The number of carboxylic acids is 1. The molecule has 3 aliphatic rings. The van der Waals surface area contributed by atoms with Crippen LogP contribution in [0.4, 0.5) is 0 Å². The summed E-state index contributed by atoms with van der Waals surface area (Å²) in [5, 5.41) is 16.5. The summed E-state index contributed by atoms with van der Waals surface area (Å²) in [6, 6.07) is 10.6. The molecule has 4 atom stereocenters. The molecular formula is C24H32N4O4. The average molecular weight is 441 g/mol. The molecule has 1 unspecified atom stereocenters. The van der Waals surface area contributed by atoms with Gasteiger partial charge in [0.05, 0.1) is 12.8 Å². The van der Waals surface area contributed by atoms with Gasteiger partial charge in [-0.15, -0.1) is 0 Å². The zero-order valence-electron chi connectivity index (χ0n) is 18.8. The van der Waals surface area contributed by atoms with Crippen molar-refractivity contribution in [3.63, 3.8) is 0 Å². The molecule has 0 saturated carbocycles. The molecule has 5 rings (SSSR count). The summed E-state index contributed by atoms with van der Waals surface area (Å²) in [5.74, 6) is 0.942. The Labute approximate surface area is 188 Å². The number of carbonyl (C=O) groups excluding carboxylic acids is 1. The third-order valence-corrected chi connectivity index (χ3v) is 6.89. The van der Waals surface area contributed by atoms with Crippen LogP contribution in [-0.2, 0) is 16.6 Å². The predicted molar refractivity (Wildman–Crippen MR) is 121 cm³/mol. The number of aliphatic carboxylic acids is 1. The molecule has 4 heterocycles. The SMILES string of the molecule is COc1ccc(-c2cc([C@@H]3CN4CC[C@H]3C[C@@H]4CNC(=O)CCCC(=O)O)n(C)n2)cc1. The second-order valence-corrected chi connectivity index (χ2v) is 8.90. The molecule has 1 aromatic heterocycles. The Morgan fingerprint density at radius 1 is 1.25 bits per heavy atom. The van der Waals surface area contributed by atoms with Gasteiger partial charge in [-0.2, -0.15) is 5.10 Å². The van der Waals surface area contributed by atoms with Crippen LogP contribution in [0, 0.1) is 5.92 Å². The van der Waals surface area contributed by atoms with Crippen molar-refractivity contribution in [1.29, 1.82) is 0 Å². The molecule has 0 radical (unpaired) electrons. The van der Waals surface area contributed by atoms with Crippen molar-refractivity contribution >= 4 is 11.9 Å². The van der Waals surface area contributed by atoms with Crippen molar-refractivity contribution < 1.29 is 19.4 Å². The van der Waals surface area contributed by atoms with E-state index >= 15 is 0 Å². The van der Waals surface area contributed by atoms with Crippen molar-refractivity contribution in [2.24, 2.45) is 13.0 Å². The van der Waals surface area contributed by atoms with E-state index in [-0.39, 0.29) is 18.7 Å².